The maximum atomic E-state index is 12.1. The molecule has 0 atom stereocenters. The van der Waals surface area contributed by atoms with Crippen LogP contribution >= 0.6 is 11.6 Å². The molecule has 2 rings (SSSR count). The number of rotatable bonds is 3. The number of hydrogen-bond donors (Lipinski definition) is 1. The lowest BCUT2D eigenvalue weighted by Gasteiger charge is -2.09. The Labute approximate surface area is 128 Å². The predicted molar refractivity (Wildman–Crippen MR) is 83.7 cm³/mol. The number of carbonyl (C=O) groups excluding carboxylic acids is 1. The number of amides is 1. The van der Waals surface area contributed by atoms with E-state index < -0.39 is 9.84 Å². The van der Waals surface area contributed by atoms with Gasteiger partial charge in [-0.3, -0.25) is 4.79 Å². The van der Waals surface area contributed by atoms with Gasteiger partial charge in [0.1, 0.15) is 0 Å². The van der Waals surface area contributed by atoms with E-state index in [1.54, 1.807) is 12.1 Å². The molecular weight excluding hydrogens is 310 g/mol. The summed E-state index contributed by atoms with van der Waals surface area (Å²) >= 11 is 5.90. The van der Waals surface area contributed by atoms with E-state index in [4.69, 9.17) is 11.6 Å². The second-order valence-corrected chi connectivity index (χ2v) is 7.16. The minimum absolute atomic E-state index is 0.179. The first-order chi connectivity index (χ1) is 9.77. The van der Waals surface area contributed by atoms with Crippen LogP contribution in [-0.2, 0) is 9.84 Å². The van der Waals surface area contributed by atoms with Gasteiger partial charge in [-0.15, -0.1) is 0 Å². The number of hydrogen-bond acceptors (Lipinski definition) is 3. The molecule has 0 bridgehead atoms. The Balaban J connectivity index is 2.23. The molecule has 0 aliphatic heterocycles. The number of aryl methyl sites for hydroxylation is 1. The first-order valence-electron chi connectivity index (χ1n) is 6.15. The maximum Gasteiger partial charge on any atom is 0.255 e. The number of benzene rings is 2. The van der Waals surface area contributed by atoms with Gasteiger partial charge >= 0.3 is 0 Å². The van der Waals surface area contributed by atoms with Gasteiger partial charge in [-0.2, -0.15) is 0 Å². The number of carbonyl (C=O) groups is 1. The summed E-state index contributed by atoms with van der Waals surface area (Å²) in [4.78, 5) is 12.3. The molecule has 0 aromatic heterocycles. The molecule has 0 spiro atoms. The smallest absolute Gasteiger partial charge is 0.255 e. The summed E-state index contributed by atoms with van der Waals surface area (Å²) in [6, 6.07) is 11.0. The SMILES string of the molecule is Cc1ccc(Cl)cc1NC(=O)c1ccc(S(C)(=O)=O)cc1. The van der Waals surface area contributed by atoms with Crippen molar-refractivity contribution in [1.82, 2.24) is 0 Å². The number of anilines is 1. The fourth-order valence-electron chi connectivity index (χ4n) is 1.78. The highest BCUT2D eigenvalue weighted by Gasteiger charge is 2.11. The van der Waals surface area contributed by atoms with Crippen molar-refractivity contribution in [3.05, 3.63) is 58.6 Å². The predicted octanol–water partition coefficient (Wildman–Crippen LogP) is 3.30. The van der Waals surface area contributed by atoms with Crippen LogP contribution in [0.3, 0.4) is 0 Å². The first-order valence-corrected chi connectivity index (χ1v) is 8.42. The van der Waals surface area contributed by atoms with E-state index in [-0.39, 0.29) is 10.8 Å². The zero-order valence-corrected chi connectivity index (χ0v) is 13.1. The molecule has 0 aliphatic carbocycles. The van der Waals surface area contributed by atoms with E-state index in [1.165, 1.54) is 24.3 Å². The van der Waals surface area contributed by atoms with Crippen molar-refractivity contribution in [2.45, 2.75) is 11.8 Å². The van der Waals surface area contributed by atoms with E-state index in [9.17, 15) is 13.2 Å². The summed E-state index contributed by atoms with van der Waals surface area (Å²) < 4.78 is 22.7. The molecule has 0 fully saturated rings. The summed E-state index contributed by atoms with van der Waals surface area (Å²) in [5.41, 5.74) is 1.89. The second-order valence-electron chi connectivity index (χ2n) is 4.71. The highest BCUT2D eigenvalue weighted by Crippen LogP contribution is 2.21. The zero-order chi connectivity index (χ0) is 15.6. The van der Waals surface area contributed by atoms with Crippen LogP contribution in [0.2, 0.25) is 5.02 Å². The van der Waals surface area contributed by atoms with Crippen molar-refractivity contribution in [1.29, 1.82) is 0 Å². The summed E-state index contributed by atoms with van der Waals surface area (Å²) in [5, 5.41) is 3.28. The van der Waals surface area contributed by atoms with Crippen LogP contribution in [0, 0.1) is 6.92 Å². The molecule has 4 nitrogen and oxygen atoms in total. The number of nitrogens with one attached hydrogen (secondary N) is 1. The average molecular weight is 324 g/mol. The average Bonchev–Trinajstić information content (AvgIpc) is 2.42. The van der Waals surface area contributed by atoms with Crippen LogP contribution in [0.15, 0.2) is 47.4 Å². The van der Waals surface area contributed by atoms with Crippen molar-refractivity contribution >= 4 is 33.0 Å². The van der Waals surface area contributed by atoms with Gasteiger partial charge in [-0.05, 0) is 48.9 Å². The lowest BCUT2D eigenvalue weighted by Crippen LogP contribution is -2.13. The second kappa shape index (κ2) is 5.87. The van der Waals surface area contributed by atoms with Gasteiger partial charge in [0, 0.05) is 22.5 Å². The maximum absolute atomic E-state index is 12.1. The molecule has 0 aliphatic rings. The number of halogens is 1. The van der Waals surface area contributed by atoms with Crippen LogP contribution < -0.4 is 5.32 Å². The van der Waals surface area contributed by atoms with Crippen LogP contribution in [0.4, 0.5) is 5.69 Å². The highest BCUT2D eigenvalue weighted by molar-refractivity contribution is 7.90. The molecule has 21 heavy (non-hydrogen) atoms. The Kier molecular flexibility index (Phi) is 4.34. The molecule has 0 heterocycles. The molecule has 1 N–H and O–H groups in total. The van der Waals surface area contributed by atoms with Gasteiger partial charge in [0.25, 0.3) is 5.91 Å². The molecule has 2 aromatic rings. The minimum Gasteiger partial charge on any atom is -0.322 e. The van der Waals surface area contributed by atoms with E-state index in [0.29, 0.717) is 16.3 Å². The summed E-state index contributed by atoms with van der Waals surface area (Å²) in [5.74, 6) is -0.319. The monoisotopic (exact) mass is 323 g/mol. The van der Waals surface area contributed by atoms with Gasteiger partial charge in [-0.25, -0.2) is 8.42 Å². The van der Waals surface area contributed by atoms with E-state index in [1.807, 2.05) is 13.0 Å². The fraction of sp³-hybridized carbons (Fsp3) is 0.133. The van der Waals surface area contributed by atoms with E-state index in [2.05, 4.69) is 5.32 Å². The van der Waals surface area contributed by atoms with Crippen LogP contribution in [0.1, 0.15) is 15.9 Å². The molecule has 6 heteroatoms. The standard InChI is InChI=1S/C15H14ClNO3S/c1-10-3-6-12(16)9-14(10)17-15(18)11-4-7-13(8-5-11)21(2,19)20/h3-9H,1-2H3,(H,17,18). The summed E-state index contributed by atoms with van der Waals surface area (Å²) in [6.07, 6.45) is 1.12. The van der Waals surface area contributed by atoms with Gasteiger partial charge in [-0.1, -0.05) is 17.7 Å². The Bertz CT molecular complexity index is 783. The minimum atomic E-state index is -3.27. The topological polar surface area (TPSA) is 63.2 Å². The van der Waals surface area contributed by atoms with Gasteiger partial charge in [0.15, 0.2) is 9.84 Å². The molecule has 0 saturated carbocycles. The van der Waals surface area contributed by atoms with Crippen LogP contribution in [0.25, 0.3) is 0 Å². The van der Waals surface area contributed by atoms with Gasteiger partial charge < -0.3 is 5.32 Å². The van der Waals surface area contributed by atoms with Crippen LogP contribution in [0.5, 0.6) is 0 Å². The normalized spacial score (nSPS) is 11.2. The third-order valence-electron chi connectivity index (χ3n) is 2.99. The lowest BCUT2D eigenvalue weighted by molar-refractivity contribution is 0.102. The van der Waals surface area contributed by atoms with Crippen LogP contribution in [-0.4, -0.2) is 20.6 Å². The Morgan fingerprint density at radius 3 is 2.29 bits per heavy atom. The number of sulfone groups is 1. The molecule has 2 aromatic carbocycles. The van der Waals surface area contributed by atoms with Gasteiger partial charge in [0.2, 0.25) is 0 Å². The van der Waals surface area contributed by atoms with E-state index >= 15 is 0 Å². The molecule has 0 radical (unpaired) electrons. The van der Waals surface area contributed by atoms with E-state index in [0.717, 1.165) is 11.8 Å². The van der Waals surface area contributed by atoms with Crippen molar-refractivity contribution in [3.63, 3.8) is 0 Å². The van der Waals surface area contributed by atoms with Crippen molar-refractivity contribution < 1.29 is 13.2 Å². The highest BCUT2D eigenvalue weighted by atomic mass is 35.5. The molecular formula is C15H14ClNO3S. The lowest BCUT2D eigenvalue weighted by atomic mass is 10.1. The van der Waals surface area contributed by atoms with Gasteiger partial charge in [0.05, 0.1) is 4.90 Å². The largest absolute Gasteiger partial charge is 0.322 e. The Hall–Kier alpha value is -1.85. The first kappa shape index (κ1) is 15.5. The quantitative estimate of drug-likeness (QED) is 0.942. The Morgan fingerprint density at radius 1 is 1.10 bits per heavy atom. The zero-order valence-electron chi connectivity index (χ0n) is 11.6. The third-order valence-corrected chi connectivity index (χ3v) is 4.36. The van der Waals surface area contributed by atoms with Crippen molar-refractivity contribution in [2.24, 2.45) is 0 Å². The molecule has 1 amide bonds. The molecule has 0 saturated heterocycles. The summed E-state index contributed by atoms with van der Waals surface area (Å²) in [7, 11) is -3.27. The summed E-state index contributed by atoms with van der Waals surface area (Å²) in [6.45, 7) is 1.86. The molecule has 110 valence electrons. The van der Waals surface area contributed by atoms with Crippen molar-refractivity contribution in [3.8, 4) is 0 Å². The Morgan fingerprint density at radius 2 is 1.71 bits per heavy atom. The molecule has 0 unspecified atom stereocenters. The fourth-order valence-corrected chi connectivity index (χ4v) is 2.58. The third kappa shape index (κ3) is 3.83. The van der Waals surface area contributed by atoms with Crippen molar-refractivity contribution in [2.75, 3.05) is 11.6 Å².